The number of carboxylic acids is 1. The van der Waals surface area contributed by atoms with E-state index >= 15 is 0 Å². The van der Waals surface area contributed by atoms with Crippen LogP contribution in [0.2, 0.25) is 0 Å². The minimum Gasteiger partial charge on any atom is -0.480 e. The van der Waals surface area contributed by atoms with Gasteiger partial charge in [0.05, 0.1) is 6.26 Å². The van der Waals surface area contributed by atoms with E-state index in [1.54, 1.807) is 6.20 Å². The summed E-state index contributed by atoms with van der Waals surface area (Å²) in [6.07, 6.45) is 2.00. The van der Waals surface area contributed by atoms with Gasteiger partial charge in [0.2, 0.25) is 0 Å². The smallest absolute Gasteiger partial charge is 0.412 e. The van der Waals surface area contributed by atoms with Crippen molar-refractivity contribution in [2.45, 2.75) is 12.5 Å². The van der Waals surface area contributed by atoms with Crippen LogP contribution in [0, 0.1) is 0 Å². The summed E-state index contributed by atoms with van der Waals surface area (Å²) in [6, 6.07) is 6.48. The third kappa shape index (κ3) is 2.97. The van der Waals surface area contributed by atoms with E-state index in [0.29, 0.717) is 0 Å². The van der Waals surface area contributed by atoms with Crippen LogP contribution in [-0.4, -0.2) is 28.2 Å². The predicted octanol–water partition coefficient (Wildman–Crippen LogP) is 2.03. The third-order valence-electron chi connectivity index (χ3n) is 2.88. The average molecular weight is 274 g/mol. The number of para-hydroxylation sites is 1. The van der Waals surface area contributed by atoms with E-state index in [1.165, 1.54) is 0 Å². The maximum absolute atomic E-state index is 11.3. The molecule has 1 atom stereocenters. The zero-order chi connectivity index (χ0) is 14.5. The molecule has 1 aromatic heterocycles. The summed E-state index contributed by atoms with van der Waals surface area (Å²) in [6.45, 7) is 3.23. The molecule has 0 saturated heterocycles. The van der Waals surface area contributed by atoms with Gasteiger partial charge in [0, 0.05) is 23.5 Å². The second-order valence-corrected chi connectivity index (χ2v) is 4.17. The van der Waals surface area contributed by atoms with Crippen LogP contribution in [0.1, 0.15) is 5.56 Å². The van der Waals surface area contributed by atoms with E-state index in [-0.39, 0.29) is 6.42 Å². The first-order valence-corrected chi connectivity index (χ1v) is 5.97. The van der Waals surface area contributed by atoms with Gasteiger partial charge in [0.15, 0.2) is 0 Å². The molecular weight excluding hydrogens is 260 g/mol. The minimum atomic E-state index is -1.13. The number of carbonyl (C=O) groups is 2. The number of aliphatic carboxylic acids is 1. The van der Waals surface area contributed by atoms with Crippen LogP contribution >= 0.6 is 0 Å². The Balaban J connectivity index is 2.17. The number of amides is 1. The number of rotatable bonds is 5. The quantitative estimate of drug-likeness (QED) is 0.727. The first-order valence-electron chi connectivity index (χ1n) is 5.97. The molecule has 2 aromatic rings. The lowest BCUT2D eigenvalue weighted by molar-refractivity contribution is -0.139. The maximum atomic E-state index is 11.3. The molecule has 0 radical (unpaired) electrons. The number of aromatic nitrogens is 1. The first-order chi connectivity index (χ1) is 9.61. The number of fused-ring (bicyclic) bond motifs is 1. The normalized spacial score (nSPS) is 11.8. The molecule has 2 rings (SSSR count). The molecule has 0 unspecified atom stereocenters. The van der Waals surface area contributed by atoms with E-state index in [9.17, 15) is 9.59 Å². The molecule has 1 heterocycles. The zero-order valence-corrected chi connectivity index (χ0v) is 10.6. The van der Waals surface area contributed by atoms with Crippen LogP contribution in [0.3, 0.4) is 0 Å². The number of ether oxygens (including phenoxy) is 1. The van der Waals surface area contributed by atoms with Crippen LogP contribution in [0.4, 0.5) is 4.79 Å². The fraction of sp³-hybridized carbons (Fsp3) is 0.143. The molecule has 0 aliphatic rings. The molecular formula is C14H14N2O4. The van der Waals surface area contributed by atoms with E-state index < -0.39 is 18.1 Å². The van der Waals surface area contributed by atoms with Crippen molar-refractivity contribution in [3.05, 3.63) is 48.9 Å². The molecule has 0 aliphatic carbocycles. The van der Waals surface area contributed by atoms with Crippen LogP contribution in [-0.2, 0) is 16.0 Å². The summed E-state index contributed by atoms with van der Waals surface area (Å²) in [5.41, 5.74) is 1.73. The second-order valence-electron chi connectivity index (χ2n) is 4.17. The molecule has 0 aliphatic heterocycles. The van der Waals surface area contributed by atoms with E-state index in [2.05, 4.69) is 21.6 Å². The number of hydrogen-bond donors (Lipinski definition) is 3. The third-order valence-corrected chi connectivity index (χ3v) is 2.88. The van der Waals surface area contributed by atoms with Crippen molar-refractivity contribution in [2.75, 3.05) is 0 Å². The summed E-state index contributed by atoms with van der Waals surface area (Å²) >= 11 is 0. The van der Waals surface area contributed by atoms with Crippen LogP contribution in [0.25, 0.3) is 10.9 Å². The largest absolute Gasteiger partial charge is 0.480 e. The highest BCUT2D eigenvalue weighted by atomic mass is 16.5. The first kappa shape index (κ1) is 13.7. The van der Waals surface area contributed by atoms with Gasteiger partial charge in [-0.2, -0.15) is 0 Å². The molecule has 104 valence electrons. The Kier molecular flexibility index (Phi) is 4.05. The van der Waals surface area contributed by atoms with E-state index in [1.807, 2.05) is 24.3 Å². The summed E-state index contributed by atoms with van der Waals surface area (Å²) < 4.78 is 4.47. The molecule has 0 bridgehead atoms. The Hall–Kier alpha value is -2.76. The molecule has 1 amide bonds. The van der Waals surface area contributed by atoms with Gasteiger partial charge < -0.3 is 20.1 Å². The highest BCUT2D eigenvalue weighted by molar-refractivity contribution is 5.85. The Bertz CT molecular complexity index is 647. The monoisotopic (exact) mass is 274 g/mol. The number of hydrogen-bond acceptors (Lipinski definition) is 3. The molecule has 3 N–H and O–H groups in total. The van der Waals surface area contributed by atoms with Gasteiger partial charge in [-0.1, -0.05) is 24.8 Å². The Morgan fingerprint density at radius 2 is 2.20 bits per heavy atom. The van der Waals surface area contributed by atoms with Crippen LogP contribution in [0.5, 0.6) is 0 Å². The standard InChI is InChI=1S/C14H14N2O4/c1-2-20-14(19)16-12(13(17)18)7-9-8-15-11-6-4-3-5-10(9)11/h2-6,8,12,15H,1,7H2,(H,16,19)(H,17,18)/t12-/m0/s1. The molecule has 20 heavy (non-hydrogen) atoms. The van der Waals surface area contributed by atoms with Crippen molar-refractivity contribution in [1.29, 1.82) is 0 Å². The highest BCUT2D eigenvalue weighted by Crippen LogP contribution is 2.19. The average Bonchev–Trinajstić information content (AvgIpc) is 2.82. The number of carbonyl (C=O) groups excluding carboxylic acids is 1. The van der Waals surface area contributed by atoms with Crippen molar-refractivity contribution in [2.24, 2.45) is 0 Å². The van der Waals surface area contributed by atoms with E-state index in [4.69, 9.17) is 5.11 Å². The highest BCUT2D eigenvalue weighted by Gasteiger charge is 2.22. The maximum Gasteiger partial charge on any atom is 0.412 e. The number of aromatic amines is 1. The summed E-state index contributed by atoms with van der Waals surface area (Å²) in [7, 11) is 0. The fourth-order valence-corrected chi connectivity index (χ4v) is 1.97. The van der Waals surface area contributed by atoms with Gasteiger partial charge in [0.1, 0.15) is 6.04 Å². The molecule has 0 saturated carbocycles. The van der Waals surface area contributed by atoms with Crippen LogP contribution in [0.15, 0.2) is 43.3 Å². The fourth-order valence-electron chi connectivity index (χ4n) is 1.97. The Morgan fingerprint density at radius 1 is 1.45 bits per heavy atom. The molecule has 0 fully saturated rings. The van der Waals surface area contributed by atoms with Crippen molar-refractivity contribution in [3.63, 3.8) is 0 Å². The molecule has 6 heteroatoms. The number of nitrogens with one attached hydrogen (secondary N) is 2. The van der Waals surface area contributed by atoms with E-state index in [0.717, 1.165) is 22.7 Å². The van der Waals surface area contributed by atoms with Crippen molar-refractivity contribution in [3.8, 4) is 0 Å². The Morgan fingerprint density at radius 3 is 2.90 bits per heavy atom. The number of H-pyrrole nitrogens is 1. The number of benzene rings is 1. The number of carboxylic acid groups (broad SMARTS) is 1. The lowest BCUT2D eigenvalue weighted by atomic mass is 10.1. The van der Waals surface area contributed by atoms with Gasteiger partial charge in [0.25, 0.3) is 0 Å². The van der Waals surface area contributed by atoms with Crippen molar-refractivity contribution in [1.82, 2.24) is 10.3 Å². The van der Waals surface area contributed by atoms with Crippen LogP contribution < -0.4 is 5.32 Å². The van der Waals surface area contributed by atoms with Gasteiger partial charge in [-0.3, -0.25) is 0 Å². The topological polar surface area (TPSA) is 91.4 Å². The van der Waals surface area contributed by atoms with Gasteiger partial charge >= 0.3 is 12.1 Å². The summed E-state index contributed by atoms with van der Waals surface area (Å²) in [4.78, 5) is 25.5. The molecule has 1 aromatic carbocycles. The van der Waals surface area contributed by atoms with Crippen molar-refractivity contribution >= 4 is 23.0 Å². The zero-order valence-electron chi connectivity index (χ0n) is 10.6. The second kappa shape index (κ2) is 5.92. The van der Waals surface area contributed by atoms with Gasteiger partial charge in [-0.25, -0.2) is 9.59 Å². The van der Waals surface area contributed by atoms with Gasteiger partial charge in [-0.15, -0.1) is 0 Å². The lowest BCUT2D eigenvalue weighted by Gasteiger charge is -2.13. The minimum absolute atomic E-state index is 0.158. The predicted molar refractivity (Wildman–Crippen MR) is 73.2 cm³/mol. The van der Waals surface area contributed by atoms with Gasteiger partial charge in [-0.05, 0) is 11.6 Å². The SMILES string of the molecule is C=COC(=O)N[C@@H](Cc1c[nH]c2ccccc12)C(=O)O. The lowest BCUT2D eigenvalue weighted by Crippen LogP contribution is -2.42. The molecule has 0 spiro atoms. The summed E-state index contributed by atoms with van der Waals surface area (Å²) in [5, 5.41) is 12.4. The Labute approximate surface area is 115 Å². The number of alkyl carbamates (subject to hydrolysis) is 1. The summed E-state index contributed by atoms with van der Waals surface area (Å²) in [5.74, 6) is -1.13. The van der Waals surface area contributed by atoms with Crippen molar-refractivity contribution < 1.29 is 19.4 Å². The molecule has 6 nitrogen and oxygen atoms in total.